The van der Waals surface area contributed by atoms with Crippen LogP contribution in [0.4, 0.5) is 0 Å². The van der Waals surface area contributed by atoms with E-state index in [1.54, 1.807) is 6.20 Å². The van der Waals surface area contributed by atoms with Crippen molar-refractivity contribution in [3.8, 4) is 0 Å². The number of hydrogen-bond donors (Lipinski definition) is 1. The topological polar surface area (TPSA) is 41.7 Å². The molecule has 0 atom stereocenters. The van der Waals surface area contributed by atoms with Crippen molar-refractivity contribution in [3.05, 3.63) is 59.5 Å². The van der Waals surface area contributed by atoms with E-state index >= 15 is 0 Å². The average Bonchev–Trinajstić information content (AvgIpc) is 2.24. The molecule has 1 N–H and O–H groups in total. The van der Waals surface area contributed by atoms with Gasteiger partial charge >= 0.3 is 0 Å². The molecule has 0 saturated carbocycles. The minimum absolute atomic E-state index is 0.514. The van der Waals surface area contributed by atoms with Gasteiger partial charge in [0.15, 0.2) is 0 Å². The molecular formula is C12H13N3. The molecule has 76 valence electrons. The Hall–Kier alpha value is -1.90. The second-order valence-corrected chi connectivity index (χ2v) is 3.54. The molecule has 0 aliphatic carbocycles. The van der Waals surface area contributed by atoms with E-state index in [1.165, 1.54) is 0 Å². The molecule has 2 aromatic heterocycles. The lowest BCUT2D eigenvalue weighted by molar-refractivity contribution is 0.712. The summed E-state index contributed by atoms with van der Waals surface area (Å²) in [5, 5.41) is 7.80. The maximum absolute atomic E-state index is 7.80. The summed E-state index contributed by atoms with van der Waals surface area (Å²) in [4.78, 5) is 4.23. The van der Waals surface area contributed by atoms with E-state index in [0.29, 0.717) is 12.0 Å². The van der Waals surface area contributed by atoms with Crippen molar-refractivity contribution in [3.63, 3.8) is 0 Å². The molecule has 2 aromatic rings. The molecule has 0 aliphatic rings. The molecule has 0 aromatic carbocycles. The number of rotatable bonds is 2. The van der Waals surface area contributed by atoms with Gasteiger partial charge in [0.25, 0.3) is 0 Å². The Morgan fingerprint density at radius 3 is 2.87 bits per heavy atom. The minimum atomic E-state index is 0.514. The molecule has 2 heterocycles. The number of aryl methyl sites for hydroxylation is 1. The third-order valence-corrected chi connectivity index (χ3v) is 2.25. The summed E-state index contributed by atoms with van der Waals surface area (Å²) in [5.74, 6) is 0. The van der Waals surface area contributed by atoms with Crippen LogP contribution in [-0.2, 0) is 6.54 Å². The highest BCUT2D eigenvalue weighted by Gasteiger charge is 1.95. The third kappa shape index (κ3) is 2.31. The average molecular weight is 199 g/mol. The Bertz CT molecular complexity index is 500. The van der Waals surface area contributed by atoms with E-state index in [2.05, 4.69) is 4.98 Å². The number of nitrogens with one attached hydrogen (secondary N) is 1. The predicted molar refractivity (Wildman–Crippen MR) is 58.4 cm³/mol. The first-order chi connectivity index (χ1) is 7.25. The fraction of sp³-hybridized carbons (Fsp3) is 0.167. The molecule has 3 nitrogen and oxygen atoms in total. The Kier molecular flexibility index (Phi) is 2.63. The zero-order valence-electron chi connectivity index (χ0n) is 8.64. The van der Waals surface area contributed by atoms with E-state index in [1.807, 2.05) is 48.0 Å². The van der Waals surface area contributed by atoms with Crippen molar-refractivity contribution >= 4 is 0 Å². The van der Waals surface area contributed by atoms with Crippen LogP contribution >= 0.6 is 0 Å². The van der Waals surface area contributed by atoms with Crippen LogP contribution in [0.1, 0.15) is 11.3 Å². The lowest BCUT2D eigenvalue weighted by Crippen LogP contribution is -2.19. The molecule has 0 bridgehead atoms. The molecular weight excluding hydrogens is 186 g/mol. The Labute approximate surface area is 88.6 Å². The number of hydrogen-bond acceptors (Lipinski definition) is 2. The maximum Gasteiger partial charge on any atom is 0.125 e. The zero-order chi connectivity index (χ0) is 10.7. The number of pyridine rings is 2. The molecule has 0 saturated heterocycles. The van der Waals surface area contributed by atoms with Crippen LogP contribution in [0.3, 0.4) is 0 Å². The fourth-order valence-corrected chi connectivity index (χ4v) is 1.44. The highest BCUT2D eigenvalue weighted by atomic mass is 15.0. The second kappa shape index (κ2) is 4.09. The van der Waals surface area contributed by atoms with Crippen molar-refractivity contribution in [2.75, 3.05) is 0 Å². The van der Waals surface area contributed by atoms with Crippen LogP contribution < -0.4 is 5.49 Å². The summed E-state index contributed by atoms with van der Waals surface area (Å²) in [7, 11) is 0. The third-order valence-electron chi connectivity index (χ3n) is 2.25. The van der Waals surface area contributed by atoms with E-state index in [0.717, 1.165) is 11.3 Å². The van der Waals surface area contributed by atoms with Gasteiger partial charge in [-0.2, -0.15) is 0 Å². The molecule has 0 aliphatic heterocycles. The molecule has 2 rings (SSSR count). The van der Waals surface area contributed by atoms with Gasteiger partial charge in [0, 0.05) is 12.4 Å². The smallest absolute Gasteiger partial charge is 0.125 e. The summed E-state index contributed by atoms with van der Waals surface area (Å²) in [6.45, 7) is 2.64. The largest absolute Gasteiger partial charge is 0.327 e. The van der Waals surface area contributed by atoms with Gasteiger partial charge in [-0.25, -0.2) is 0 Å². The van der Waals surface area contributed by atoms with Crippen molar-refractivity contribution in [1.29, 1.82) is 5.41 Å². The molecule has 0 fully saturated rings. The van der Waals surface area contributed by atoms with Crippen LogP contribution in [-0.4, -0.2) is 9.55 Å². The molecule has 0 unspecified atom stereocenters. The summed E-state index contributed by atoms with van der Waals surface area (Å²) >= 11 is 0. The number of nitrogens with zero attached hydrogens (tertiary/aromatic N) is 2. The van der Waals surface area contributed by atoms with Gasteiger partial charge in [-0.3, -0.25) is 10.4 Å². The summed E-state index contributed by atoms with van der Waals surface area (Å²) in [6.07, 6.45) is 3.69. The van der Waals surface area contributed by atoms with E-state index in [-0.39, 0.29) is 0 Å². The summed E-state index contributed by atoms with van der Waals surface area (Å²) in [5.41, 5.74) is 2.60. The quantitative estimate of drug-likeness (QED) is 0.786. The Morgan fingerprint density at radius 2 is 2.20 bits per heavy atom. The molecule has 15 heavy (non-hydrogen) atoms. The molecule has 0 spiro atoms. The predicted octanol–water partition coefficient (Wildman–Crippen LogP) is 1.72. The normalized spacial score (nSPS) is 10.2. The maximum atomic E-state index is 7.80. The van der Waals surface area contributed by atoms with Gasteiger partial charge < -0.3 is 4.57 Å². The van der Waals surface area contributed by atoms with Crippen molar-refractivity contribution < 1.29 is 0 Å². The fourth-order valence-electron chi connectivity index (χ4n) is 1.44. The van der Waals surface area contributed by atoms with Crippen molar-refractivity contribution in [2.45, 2.75) is 13.5 Å². The first kappa shape index (κ1) is 9.65. The standard InChI is InChI=1S/C12H13N3/c1-10-5-7-15(12(13)8-10)9-11-4-2-3-6-14-11/h2-8,13H,9H2,1H3. The molecule has 0 amide bonds. The second-order valence-electron chi connectivity index (χ2n) is 3.54. The van der Waals surface area contributed by atoms with E-state index < -0.39 is 0 Å². The van der Waals surface area contributed by atoms with Gasteiger partial charge in [0.2, 0.25) is 0 Å². The van der Waals surface area contributed by atoms with E-state index in [9.17, 15) is 0 Å². The van der Waals surface area contributed by atoms with Crippen molar-refractivity contribution in [2.24, 2.45) is 0 Å². The van der Waals surface area contributed by atoms with Gasteiger partial charge in [-0.15, -0.1) is 0 Å². The van der Waals surface area contributed by atoms with Gasteiger partial charge in [-0.05, 0) is 36.8 Å². The first-order valence-electron chi connectivity index (χ1n) is 4.87. The Balaban J connectivity index is 2.29. The van der Waals surface area contributed by atoms with Crippen LogP contribution in [0.2, 0.25) is 0 Å². The van der Waals surface area contributed by atoms with Gasteiger partial charge in [0.05, 0.1) is 12.2 Å². The Morgan fingerprint density at radius 1 is 1.33 bits per heavy atom. The van der Waals surface area contributed by atoms with Crippen LogP contribution in [0.5, 0.6) is 0 Å². The van der Waals surface area contributed by atoms with Crippen LogP contribution in [0.25, 0.3) is 0 Å². The van der Waals surface area contributed by atoms with Crippen LogP contribution in [0, 0.1) is 12.3 Å². The SMILES string of the molecule is Cc1ccn(Cc2ccccn2)c(=N)c1. The molecule has 3 heteroatoms. The highest BCUT2D eigenvalue weighted by Crippen LogP contribution is 1.97. The van der Waals surface area contributed by atoms with Gasteiger partial charge in [0.1, 0.15) is 5.49 Å². The monoisotopic (exact) mass is 199 g/mol. The minimum Gasteiger partial charge on any atom is -0.327 e. The first-order valence-corrected chi connectivity index (χ1v) is 4.87. The van der Waals surface area contributed by atoms with Crippen LogP contribution in [0.15, 0.2) is 42.7 Å². The zero-order valence-corrected chi connectivity index (χ0v) is 8.64. The summed E-state index contributed by atoms with van der Waals surface area (Å²) < 4.78 is 1.87. The van der Waals surface area contributed by atoms with Crippen molar-refractivity contribution in [1.82, 2.24) is 9.55 Å². The van der Waals surface area contributed by atoms with E-state index in [4.69, 9.17) is 5.41 Å². The highest BCUT2D eigenvalue weighted by molar-refractivity contribution is 5.09. The van der Waals surface area contributed by atoms with Gasteiger partial charge in [-0.1, -0.05) is 6.07 Å². The lowest BCUT2D eigenvalue weighted by atomic mass is 10.3. The lowest BCUT2D eigenvalue weighted by Gasteiger charge is -2.06. The summed E-state index contributed by atoms with van der Waals surface area (Å²) in [6, 6.07) is 9.67. The molecule has 0 radical (unpaired) electrons. The number of aromatic nitrogens is 2.